The third-order valence-corrected chi connectivity index (χ3v) is 5.16. The molecule has 0 radical (unpaired) electrons. The fourth-order valence-electron chi connectivity index (χ4n) is 2.39. The minimum Gasteiger partial charge on any atom is -0.453 e. The van der Waals surface area contributed by atoms with Gasteiger partial charge in [0, 0.05) is 12.5 Å². The van der Waals surface area contributed by atoms with E-state index in [1.165, 1.54) is 30.3 Å². The molecule has 0 saturated heterocycles. The second-order valence-electron chi connectivity index (χ2n) is 6.29. The molecule has 0 aliphatic carbocycles. The SMILES string of the molecule is CCCCC(=O)Nc1ccc(OS(=O)(=O)c2ccccc2)cc1N=C(N)NC(=O)OC. The maximum Gasteiger partial charge on any atom is 0.413 e. The van der Waals surface area contributed by atoms with Gasteiger partial charge < -0.3 is 20.0 Å². The Balaban J connectivity index is 2.36. The van der Waals surface area contributed by atoms with Gasteiger partial charge in [0.25, 0.3) is 0 Å². The van der Waals surface area contributed by atoms with Crippen LogP contribution in [0.3, 0.4) is 0 Å². The largest absolute Gasteiger partial charge is 0.453 e. The van der Waals surface area contributed by atoms with E-state index in [1.54, 1.807) is 18.2 Å². The number of nitrogens with one attached hydrogen (secondary N) is 2. The van der Waals surface area contributed by atoms with Gasteiger partial charge in [0.15, 0.2) is 0 Å². The first-order chi connectivity index (χ1) is 14.7. The first-order valence-electron chi connectivity index (χ1n) is 9.37. The lowest BCUT2D eigenvalue weighted by molar-refractivity contribution is -0.116. The number of guanidine groups is 1. The van der Waals surface area contributed by atoms with E-state index in [0.717, 1.165) is 13.5 Å². The van der Waals surface area contributed by atoms with Crippen LogP contribution in [-0.4, -0.2) is 33.5 Å². The fraction of sp³-hybridized carbons (Fsp3) is 0.250. The molecular formula is C20H24N4O6S. The van der Waals surface area contributed by atoms with Gasteiger partial charge in [0.1, 0.15) is 10.6 Å². The number of rotatable bonds is 8. The van der Waals surface area contributed by atoms with Crippen LogP contribution in [0.1, 0.15) is 26.2 Å². The van der Waals surface area contributed by atoms with Gasteiger partial charge in [0.2, 0.25) is 11.9 Å². The van der Waals surface area contributed by atoms with Crippen molar-refractivity contribution in [3.63, 3.8) is 0 Å². The van der Waals surface area contributed by atoms with Gasteiger partial charge in [-0.2, -0.15) is 8.42 Å². The van der Waals surface area contributed by atoms with E-state index in [0.29, 0.717) is 12.8 Å². The van der Waals surface area contributed by atoms with Crippen molar-refractivity contribution in [3.8, 4) is 5.75 Å². The lowest BCUT2D eigenvalue weighted by Gasteiger charge is -2.12. The van der Waals surface area contributed by atoms with E-state index in [9.17, 15) is 18.0 Å². The molecule has 0 heterocycles. The number of ether oxygens (including phenoxy) is 1. The number of methoxy groups -OCH3 is 1. The zero-order valence-electron chi connectivity index (χ0n) is 17.1. The summed E-state index contributed by atoms with van der Waals surface area (Å²) in [5.74, 6) is -0.623. The number of hydrogen-bond acceptors (Lipinski definition) is 7. The number of carbonyl (C=O) groups excluding carboxylic acids is 2. The summed E-state index contributed by atoms with van der Waals surface area (Å²) in [6, 6.07) is 11.7. The molecular weight excluding hydrogens is 424 g/mol. The molecule has 0 aliphatic rings. The molecule has 2 aromatic rings. The topological polar surface area (TPSA) is 149 Å². The smallest absolute Gasteiger partial charge is 0.413 e. The highest BCUT2D eigenvalue weighted by atomic mass is 32.2. The minimum absolute atomic E-state index is 0.0242. The number of alkyl carbamates (subject to hydrolysis) is 1. The van der Waals surface area contributed by atoms with E-state index in [4.69, 9.17) is 9.92 Å². The zero-order valence-corrected chi connectivity index (χ0v) is 17.9. The highest BCUT2D eigenvalue weighted by Crippen LogP contribution is 2.31. The quantitative estimate of drug-likeness (QED) is 0.319. The molecule has 0 atom stereocenters. The zero-order chi connectivity index (χ0) is 22.9. The minimum atomic E-state index is -4.09. The number of hydrogen-bond donors (Lipinski definition) is 3. The molecule has 4 N–H and O–H groups in total. The molecule has 0 spiro atoms. The van der Waals surface area contributed by atoms with Crippen LogP contribution < -0.4 is 20.6 Å². The molecule has 0 aliphatic heterocycles. The molecule has 0 saturated carbocycles. The number of aliphatic imine (C=N–C) groups is 1. The van der Waals surface area contributed by atoms with E-state index in [2.05, 4.69) is 20.4 Å². The van der Waals surface area contributed by atoms with Gasteiger partial charge in [0.05, 0.1) is 18.5 Å². The third-order valence-electron chi connectivity index (χ3n) is 3.89. The summed E-state index contributed by atoms with van der Waals surface area (Å²) in [5.41, 5.74) is 6.04. The highest BCUT2D eigenvalue weighted by Gasteiger charge is 2.18. The predicted molar refractivity (Wildman–Crippen MR) is 116 cm³/mol. The van der Waals surface area contributed by atoms with Crippen LogP contribution in [-0.2, 0) is 19.6 Å². The van der Waals surface area contributed by atoms with Crippen molar-refractivity contribution in [3.05, 3.63) is 48.5 Å². The van der Waals surface area contributed by atoms with E-state index < -0.39 is 16.2 Å². The average molecular weight is 449 g/mol. The Morgan fingerprint density at radius 3 is 2.48 bits per heavy atom. The summed E-state index contributed by atoms with van der Waals surface area (Å²) in [5, 5.41) is 4.87. The Bertz CT molecular complexity index is 1050. The fourth-order valence-corrected chi connectivity index (χ4v) is 3.33. The number of nitrogens with two attached hydrogens (primary N) is 1. The summed E-state index contributed by atoms with van der Waals surface area (Å²) in [7, 11) is -2.93. The standard InChI is InChI=1S/C20H24N4O6S/c1-3-4-10-18(25)22-16-12-11-14(13-17(16)23-19(21)24-20(26)29-2)30-31(27,28)15-8-6-5-7-9-15/h5-9,11-13H,3-4,10H2,1-2H3,(H,22,25)(H3,21,23,24,26). The second kappa shape index (κ2) is 11.0. The van der Waals surface area contributed by atoms with Crippen molar-refractivity contribution in [1.82, 2.24) is 5.32 Å². The summed E-state index contributed by atoms with van der Waals surface area (Å²) in [4.78, 5) is 27.5. The average Bonchev–Trinajstić information content (AvgIpc) is 2.74. The number of benzene rings is 2. The van der Waals surface area contributed by atoms with Crippen LogP contribution in [0.2, 0.25) is 0 Å². The van der Waals surface area contributed by atoms with Gasteiger partial charge in [-0.15, -0.1) is 0 Å². The molecule has 2 amide bonds. The van der Waals surface area contributed by atoms with E-state index in [-0.39, 0.29) is 33.9 Å². The molecule has 2 rings (SSSR count). The van der Waals surface area contributed by atoms with Crippen LogP contribution in [0.15, 0.2) is 58.4 Å². The first kappa shape index (κ1) is 23.7. The molecule has 166 valence electrons. The number of unbranched alkanes of at least 4 members (excludes halogenated alkanes) is 1. The molecule has 0 unspecified atom stereocenters. The first-order valence-corrected chi connectivity index (χ1v) is 10.8. The maximum absolute atomic E-state index is 12.5. The number of amides is 2. The van der Waals surface area contributed by atoms with Gasteiger partial charge in [-0.3, -0.25) is 10.1 Å². The molecule has 2 aromatic carbocycles. The van der Waals surface area contributed by atoms with Crippen LogP contribution in [0.4, 0.5) is 16.2 Å². The Hall–Kier alpha value is -3.60. The summed E-state index contributed by atoms with van der Waals surface area (Å²) in [6.45, 7) is 1.96. The van der Waals surface area contributed by atoms with Gasteiger partial charge >= 0.3 is 16.2 Å². The van der Waals surface area contributed by atoms with Crippen molar-refractivity contribution in [2.45, 2.75) is 31.1 Å². The summed E-state index contributed by atoms with van der Waals surface area (Å²) < 4.78 is 34.6. The molecule has 0 bridgehead atoms. The predicted octanol–water partition coefficient (Wildman–Crippen LogP) is 2.89. The van der Waals surface area contributed by atoms with E-state index >= 15 is 0 Å². The van der Waals surface area contributed by atoms with Crippen LogP contribution in [0.25, 0.3) is 0 Å². The Labute approximate surface area is 180 Å². The highest BCUT2D eigenvalue weighted by molar-refractivity contribution is 7.87. The number of carbonyl (C=O) groups is 2. The van der Waals surface area contributed by atoms with E-state index in [1.807, 2.05) is 6.92 Å². The molecule has 31 heavy (non-hydrogen) atoms. The van der Waals surface area contributed by atoms with Gasteiger partial charge in [-0.1, -0.05) is 31.5 Å². The Morgan fingerprint density at radius 1 is 1.13 bits per heavy atom. The molecule has 10 nitrogen and oxygen atoms in total. The maximum atomic E-state index is 12.5. The van der Waals surface area contributed by atoms with Crippen molar-refractivity contribution in [1.29, 1.82) is 0 Å². The van der Waals surface area contributed by atoms with Crippen LogP contribution in [0.5, 0.6) is 5.75 Å². The Morgan fingerprint density at radius 2 is 1.84 bits per heavy atom. The monoisotopic (exact) mass is 448 g/mol. The normalized spacial score (nSPS) is 11.5. The summed E-state index contributed by atoms with van der Waals surface area (Å²) >= 11 is 0. The number of anilines is 1. The molecule has 0 aromatic heterocycles. The lowest BCUT2D eigenvalue weighted by Crippen LogP contribution is -2.36. The van der Waals surface area contributed by atoms with Gasteiger partial charge in [-0.05, 0) is 30.7 Å². The molecule has 0 fully saturated rings. The second-order valence-corrected chi connectivity index (χ2v) is 7.84. The van der Waals surface area contributed by atoms with Crippen molar-refractivity contribution in [2.24, 2.45) is 10.7 Å². The van der Waals surface area contributed by atoms with Crippen LogP contribution >= 0.6 is 0 Å². The van der Waals surface area contributed by atoms with Crippen molar-refractivity contribution < 1.29 is 26.9 Å². The lowest BCUT2D eigenvalue weighted by atomic mass is 10.2. The Kier molecular flexibility index (Phi) is 8.38. The van der Waals surface area contributed by atoms with Crippen molar-refractivity contribution >= 4 is 39.5 Å². The van der Waals surface area contributed by atoms with Gasteiger partial charge in [-0.25, -0.2) is 9.79 Å². The number of nitrogens with zero attached hydrogens (tertiary/aromatic N) is 1. The summed E-state index contributed by atoms with van der Waals surface area (Å²) in [6.07, 6.45) is 1.01. The van der Waals surface area contributed by atoms with Crippen LogP contribution in [0, 0.1) is 0 Å². The molecule has 11 heteroatoms. The third kappa shape index (κ3) is 7.30. The van der Waals surface area contributed by atoms with Crippen molar-refractivity contribution in [2.75, 3.05) is 12.4 Å².